The van der Waals surface area contributed by atoms with Crippen LogP contribution in [0.5, 0.6) is 0 Å². The second kappa shape index (κ2) is 2.63. The number of azo groups is 1. The Labute approximate surface area is 75.8 Å². The van der Waals surface area contributed by atoms with Gasteiger partial charge in [0.05, 0.1) is 17.5 Å². The summed E-state index contributed by atoms with van der Waals surface area (Å²) < 4.78 is 0. The largest absolute Gasteiger partial charge is 0.190 e. The molecule has 0 aromatic carbocycles. The van der Waals surface area contributed by atoms with Gasteiger partial charge in [-0.25, -0.2) is 0 Å². The second-order valence-electron chi connectivity index (χ2n) is 3.18. The van der Waals surface area contributed by atoms with Crippen LogP contribution in [0, 0.1) is 5.92 Å². The third-order valence-corrected chi connectivity index (χ3v) is 4.45. The van der Waals surface area contributed by atoms with Crippen LogP contribution in [0.2, 0.25) is 0 Å². The van der Waals surface area contributed by atoms with Crippen molar-refractivity contribution < 1.29 is 0 Å². The summed E-state index contributed by atoms with van der Waals surface area (Å²) in [5.74, 6) is 0.522. The van der Waals surface area contributed by atoms with Crippen LogP contribution in [0.4, 0.5) is 0 Å². The molecule has 5 atom stereocenters. The van der Waals surface area contributed by atoms with Crippen LogP contribution < -0.4 is 0 Å². The number of rotatable bonds is 1. The van der Waals surface area contributed by atoms with Crippen LogP contribution in [0.25, 0.3) is 0 Å². The van der Waals surface area contributed by atoms with Crippen molar-refractivity contribution in [2.75, 3.05) is 6.26 Å². The number of nitrogens with zero attached hydrogens (tertiary/aromatic N) is 2. The topological polar surface area (TPSA) is 24.7 Å². The molecular formula is C7H11ClN2S. The predicted molar refractivity (Wildman–Crippen MR) is 48.5 cm³/mol. The third-order valence-electron chi connectivity index (χ3n) is 2.62. The highest BCUT2D eigenvalue weighted by Gasteiger charge is 2.54. The molecule has 0 bridgehead atoms. The Morgan fingerprint density at radius 2 is 2.09 bits per heavy atom. The molecule has 0 spiro atoms. The van der Waals surface area contributed by atoms with Crippen molar-refractivity contribution in [3.05, 3.63) is 0 Å². The van der Waals surface area contributed by atoms with Gasteiger partial charge in [-0.2, -0.15) is 22.0 Å². The second-order valence-corrected chi connectivity index (χ2v) is 4.70. The quantitative estimate of drug-likeness (QED) is 0.582. The Kier molecular flexibility index (Phi) is 1.88. The smallest absolute Gasteiger partial charge is 0.0904 e. The number of hydrogen-bond donors (Lipinski definition) is 0. The number of alkyl halides is 1. The van der Waals surface area contributed by atoms with E-state index >= 15 is 0 Å². The lowest BCUT2D eigenvalue weighted by atomic mass is 9.76. The Morgan fingerprint density at radius 1 is 1.36 bits per heavy atom. The minimum absolute atomic E-state index is 0.292. The summed E-state index contributed by atoms with van der Waals surface area (Å²) in [5, 5.41) is 9.15. The highest BCUT2D eigenvalue weighted by Crippen LogP contribution is 2.48. The molecule has 1 heterocycles. The van der Waals surface area contributed by atoms with Gasteiger partial charge in [0.1, 0.15) is 0 Å². The van der Waals surface area contributed by atoms with Crippen molar-refractivity contribution >= 4 is 23.4 Å². The standard InChI is InChI=1S/C7H11ClN2S/c1-3-4-5(8)7(11-2)6(4)10-9-3/h3-7H,1-2H3. The molecule has 1 aliphatic carbocycles. The Balaban J connectivity index is 2.09. The van der Waals surface area contributed by atoms with Crippen LogP contribution in [-0.2, 0) is 0 Å². The highest BCUT2D eigenvalue weighted by atomic mass is 35.5. The van der Waals surface area contributed by atoms with Crippen LogP contribution in [0.1, 0.15) is 6.92 Å². The summed E-state index contributed by atoms with van der Waals surface area (Å²) in [6.07, 6.45) is 2.09. The average molecular weight is 191 g/mol. The summed E-state index contributed by atoms with van der Waals surface area (Å²) in [5.41, 5.74) is 0. The van der Waals surface area contributed by atoms with Crippen LogP contribution in [0.3, 0.4) is 0 Å². The van der Waals surface area contributed by atoms with E-state index in [4.69, 9.17) is 11.6 Å². The zero-order chi connectivity index (χ0) is 8.01. The lowest BCUT2D eigenvalue weighted by molar-refractivity contribution is 0.287. The normalized spacial score (nSPS) is 53.9. The van der Waals surface area contributed by atoms with Crippen LogP contribution >= 0.6 is 23.4 Å². The summed E-state index contributed by atoms with van der Waals surface area (Å²) in [4.78, 5) is 0. The number of thioether (sulfide) groups is 1. The lowest BCUT2D eigenvalue weighted by Crippen LogP contribution is -2.55. The van der Waals surface area contributed by atoms with Gasteiger partial charge in [-0.3, -0.25) is 0 Å². The minimum Gasteiger partial charge on any atom is -0.190 e. The minimum atomic E-state index is 0.292. The SMILES string of the molecule is CSC1C(Cl)C2C(C)N=NC12. The van der Waals surface area contributed by atoms with Gasteiger partial charge in [0.15, 0.2) is 0 Å². The van der Waals surface area contributed by atoms with E-state index in [1.807, 2.05) is 11.8 Å². The maximum atomic E-state index is 6.17. The first-order valence-corrected chi connectivity index (χ1v) is 5.55. The molecule has 0 radical (unpaired) electrons. The van der Waals surface area contributed by atoms with Crippen LogP contribution in [0.15, 0.2) is 10.2 Å². The van der Waals surface area contributed by atoms with E-state index in [-0.39, 0.29) is 0 Å². The zero-order valence-corrected chi connectivity index (χ0v) is 8.14. The molecule has 0 aromatic heterocycles. The predicted octanol–water partition coefficient (Wildman–Crippen LogP) is 2.18. The molecule has 1 saturated carbocycles. The van der Waals surface area contributed by atoms with Crippen molar-refractivity contribution in [3.8, 4) is 0 Å². The van der Waals surface area contributed by atoms with Crippen molar-refractivity contribution in [2.45, 2.75) is 29.6 Å². The molecule has 1 aliphatic heterocycles. The van der Waals surface area contributed by atoms with Gasteiger partial charge in [-0.05, 0) is 13.2 Å². The molecule has 2 aliphatic rings. The fourth-order valence-electron chi connectivity index (χ4n) is 1.89. The van der Waals surface area contributed by atoms with Gasteiger partial charge < -0.3 is 0 Å². The highest BCUT2D eigenvalue weighted by molar-refractivity contribution is 7.99. The van der Waals surface area contributed by atoms with Crippen molar-refractivity contribution in [1.29, 1.82) is 0 Å². The summed E-state index contributed by atoms with van der Waals surface area (Å²) >= 11 is 7.98. The third kappa shape index (κ3) is 0.937. The van der Waals surface area contributed by atoms with Gasteiger partial charge in [0, 0.05) is 11.2 Å². The van der Waals surface area contributed by atoms with Crippen molar-refractivity contribution in [2.24, 2.45) is 16.1 Å². The van der Waals surface area contributed by atoms with E-state index in [9.17, 15) is 0 Å². The average Bonchev–Trinajstić information content (AvgIpc) is 2.28. The molecular weight excluding hydrogens is 180 g/mol. The lowest BCUT2D eigenvalue weighted by Gasteiger charge is -2.43. The molecule has 0 aromatic rings. The maximum Gasteiger partial charge on any atom is 0.0904 e. The molecule has 11 heavy (non-hydrogen) atoms. The molecule has 2 nitrogen and oxygen atoms in total. The summed E-state index contributed by atoms with van der Waals surface area (Å²) in [7, 11) is 0. The number of fused-ring (bicyclic) bond motifs is 1. The number of hydrogen-bond acceptors (Lipinski definition) is 3. The molecule has 2 rings (SSSR count). The molecule has 4 heteroatoms. The molecule has 0 saturated heterocycles. The van der Waals surface area contributed by atoms with E-state index in [0.717, 1.165) is 0 Å². The van der Waals surface area contributed by atoms with Gasteiger partial charge in [0.25, 0.3) is 0 Å². The summed E-state index contributed by atoms with van der Waals surface area (Å²) in [6.45, 7) is 2.10. The molecule has 1 fully saturated rings. The fraction of sp³-hybridized carbons (Fsp3) is 1.00. The molecule has 5 unspecified atom stereocenters. The van der Waals surface area contributed by atoms with E-state index in [1.165, 1.54) is 0 Å². The first-order valence-electron chi connectivity index (χ1n) is 3.82. The monoisotopic (exact) mass is 190 g/mol. The first-order chi connectivity index (χ1) is 5.25. The summed E-state index contributed by atoms with van der Waals surface area (Å²) in [6, 6.07) is 0.772. The van der Waals surface area contributed by atoms with Gasteiger partial charge >= 0.3 is 0 Å². The van der Waals surface area contributed by atoms with Crippen molar-refractivity contribution in [1.82, 2.24) is 0 Å². The van der Waals surface area contributed by atoms with Gasteiger partial charge in [-0.1, -0.05) is 0 Å². The van der Waals surface area contributed by atoms with Gasteiger partial charge in [-0.15, -0.1) is 11.6 Å². The zero-order valence-electron chi connectivity index (χ0n) is 6.57. The Bertz CT molecular complexity index is 197. The van der Waals surface area contributed by atoms with Gasteiger partial charge in [0.2, 0.25) is 0 Å². The Hall–Kier alpha value is 0.240. The van der Waals surface area contributed by atoms with E-state index in [1.54, 1.807) is 0 Å². The van der Waals surface area contributed by atoms with E-state index < -0.39 is 0 Å². The van der Waals surface area contributed by atoms with E-state index in [0.29, 0.717) is 28.6 Å². The van der Waals surface area contributed by atoms with Crippen molar-refractivity contribution in [3.63, 3.8) is 0 Å². The van der Waals surface area contributed by atoms with Crippen LogP contribution in [-0.4, -0.2) is 29.0 Å². The fourth-order valence-corrected chi connectivity index (χ4v) is 3.67. The molecule has 62 valence electrons. The molecule has 0 amide bonds. The Morgan fingerprint density at radius 3 is 2.73 bits per heavy atom. The number of halogens is 1. The maximum absolute atomic E-state index is 6.17. The first kappa shape index (κ1) is 7.87. The molecule has 0 N–H and O–H groups in total. The van der Waals surface area contributed by atoms with E-state index in [2.05, 4.69) is 23.4 Å².